The van der Waals surface area contributed by atoms with Gasteiger partial charge in [-0.2, -0.15) is 18.4 Å². The fraction of sp³-hybridized carbons (Fsp3) is 0.292. The van der Waals surface area contributed by atoms with E-state index in [-0.39, 0.29) is 17.8 Å². The van der Waals surface area contributed by atoms with Gasteiger partial charge in [-0.15, -0.1) is 0 Å². The average Bonchev–Trinajstić information content (AvgIpc) is 2.80. The van der Waals surface area contributed by atoms with Crippen molar-refractivity contribution in [2.45, 2.75) is 12.6 Å². The number of hydrogen-bond acceptors (Lipinski definition) is 7. The van der Waals surface area contributed by atoms with Gasteiger partial charge in [0.2, 0.25) is 0 Å². The lowest BCUT2D eigenvalue weighted by Crippen LogP contribution is -2.45. The van der Waals surface area contributed by atoms with Gasteiger partial charge in [0, 0.05) is 43.2 Å². The molecule has 0 bridgehead atoms. The van der Waals surface area contributed by atoms with Crippen molar-refractivity contribution in [3.63, 3.8) is 0 Å². The number of nitrogens with one attached hydrogen (secondary N) is 2. The summed E-state index contributed by atoms with van der Waals surface area (Å²) in [5.74, 6) is 0.725. The van der Waals surface area contributed by atoms with E-state index in [0.29, 0.717) is 37.8 Å². The van der Waals surface area contributed by atoms with Gasteiger partial charge in [-0.25, -0.2) is 4.98 Å². The topological polar surface area (TPSA) is 80.1 Å². The molecule has 2 aromatic carbocycles. The molecule has 4 rings (SSSR count). The van der Waals surface area contributed by atoms with Crippen LogP contribution < -0.4 is 15.5 Å². The monoisotopic (exact) mass is 467 g/mol. The largest absolute Gasteiger partial charge is 0.418 e. The maximum absolute atomic E-state index is 13.9. The second-order valence-electron chi connectivity index (χ2n) is 8.09. The second-order valence-corrected chi connectivity index (χ2v) is 8.09. The van der Waals surface area contributed by atoms with E-state index in [1.165, 1.54) is 18.5 Å². The second kappa shape index (κ2) is 9.97. The number of rotatable bonds is 6. The Morgan fingerprint density at radius 3 is 2.29 bits per heavy atom. The van der Waals surface area contributed by atoms with E-state index in [1.807, 2.05) is 31.3 Å². The first-order valence-corrected chi connectivity index (χ1v) is 10.8. The van der Waals surface area contributed by atoms with E-state index in [9.17, 15) is 13.2 Å². The van der Waals surface area contributed by atoms with E-state index in [2.05, 4.69) is 31.6 Å². The SMILES string of the molecule is CN1CCN(c2ccc(Nc3cncc(Nc4cccc(CC#N)c4)n3)cc2C(F)(F)F)CC1. The van der Waals surface area contributed by atoms with E-state index in [1.54, 1.807) is 11.0 Å². The minimum absolute atomic E-state index is 0.185. The zero-order valence-electron chi connectivity index (χ0n) is 18.6. The standard InChI is InChI=1S/C24H24F3N7/c1-33-9-11-34(12-10-33)21-6-5-19(14-20(21)24(25,26)27)31-23-16-29-15-22(32-23)30-18-4-2-3-17(13-18)7-8-28/h2-6,13-16H,7,9-12H2,1H3,(H2,30,31,32). The van der Waals surface area contributed by atoms with Gasteiger partial charge in [0.1, 0.15) is 0 Å². The summed E-state index contributed by atoms with van der Waals surface area (Å²) in [6.45, 7) is 2.51. The highest BCUT2D eigenvalue weighted by Crippen LogP contribution is 2.39. The van der Waals surface area contributed by atoms with Gasteiger partial charge in [-0.05, 0) is 42.9 Å². The van der Waals surface area contributed by atoms with Crippen molar-refractivity contribution in [1.82, 2.24) is 14.9 Å². The smallest absolute Gasteiger partial charge is 0.368 e. The third kappa shape index (κ3) is 5.74. The van der Waals surface area contributed by atoms with Crippen LogP contribution in [-0.4, -0.2) is 48.1 Å². The van der Waals surface area contributed by atoms with Gasteiger partial charge in [0.25, 0.3) is 0 Å². The number of aromatic nitrogens is 2. The summed E-state index contributed by atoms with van der Waals surface area (Å²) in [7, 11) is 1.96. The van der Waals surface area contributed by atoms with Crippen LogP contribution in [0.5, 0.6) is 0 Å². The van der Waals surface area contributed by atoms with Gasteiger partial charge in [0.15, 0.2) is 11.6 Å². The van der Waals surface area contributed by atoms with Crippen molar-refractivity contribution in [2.24, 2.45) is 0 Å². The molecule has 10 heteroatoms. The number of alkyl halides is 3. The number of benzene rings is 2. The number of nitriles is 1. The molecule has 1 saturated heterocycles. The molecule has 0 radical (unpaired) electrons. The van der Waals surface area contributed by atoms with Gasteiger partial charge >= 0.3 is 6.18 Å². The molecule has 1 aliphatic heterocycles. The Morgan fingerprint density at radius 2 is 1.65 bits per heavy atom. The fourth-order valence-electron chi connectivity index (χ4n) is 3.80. The van der Waals surface area contributed by atoms with E-state index in [0.717, 1.165) is 17.3 Å². The lowest BCUT2D eigenvalue weighted by Gasteiger charge is -2.35. The summed E-state index contributed by atoms with van der Waals surface area (Å²) in [6, 6.07) is 13.7. The van der Waals surface area contributed by atoms with Crippen LogP contribution in [0, 0.1) is 11.3 Å². The molecule has 3 aromatic rings. The average molecular weight is 467 g/mol. The third-order valence-corrected chi connectivity index (χ3v) is 5.54. The highest BCUT2D eigenvalue weighted by atomic mass is 19.4. The Kier molecular flexibility index (Phi) is 6.84. The van der Waals surface area contributed by atoms with Crippen LogP contribution in [-0.2, 0) is 12.6 Å². The summed E-state index contributed by atoms with van der Waals surface area (Å²) < 4.78 is 41.6. The number of likely N-dealkylation sites (N-methyl/N-ethyl adjacent to an activating group) is 1. The van der Waals surface area contributed by atoms with Crippen molar-refractivity contribution in [3.8, 4) is 6.07 Å². The molecule has 1 aromatic heterocycles. The number of anilines is 5. The van der Waals surface area contributed by atoms with Crippen molar-refractivity contribution < 1.29 is 13.2 Å². The summed E-state index contributed by atoms with van der Waals surface area (Å²) in [5, 5.41) is 14.9. The summed E-state index contributed by atoms with van der Waals surface area (Å²) in [5.41, 5.74) is 1.36. The Balaban J connectivity index is 1.53. The normalized spacial score (nSPS) is 14.5. The highest BCUT2D eigenvalue weighted by molar-refractivity contribution is 5.66. The van der Waals surface area contributed by atoms with Crippen LogP contribution in [0.2, 0.25) is 0 Å². The quantitative estimate of drug-likeness (QED) is 0.539. The van der Waals surface area contributed by atoms with Gasteiger partial charge in [0.05, 0.1) is 30.4 Å². The molecule has 0 saturated carbocycles. The first-order chi connectivity index (χ1) is 16.3. The molecule has 1 fully saturated rings. The molecule has 176 valence electrons. The molecule has 2 N–H and O–H groups in total. The minimum Gasteiger partial charge on any atom is -0.368 e. The first-order valence-electron chi connectivity index (χ1n) is 10.8. The van der Waals surface area contributed by atoms with Crippen molar-refractivity contribution in [2.75, 3.05) is 48.8 Å². The number of nitrogens with zero attached hydrogens (tertiary/aromatic N) is 5. The molecular weight excluding hydrogens is 443 g/mol. The molecule has 0 amide bonds. The third-order valence-electron chi connectivity index (χ3n) is 5.54. The Labute approximate surface area is 195 Å². The van der Waals surface area contributed by atoms with E-state index < -0.39 is 11.7 Å². The maximum Gasteiger partial charge on any atom is 0.418 e. The fourth-order valence-corrected chi connectivity index (χ4v) is 3.80. The molecule has 0 unspecified atom stereocenters. The Bertz CT molecular complexity index is 1180. The van der Waals surface area contributed by atoms with Crippen LogP contribution in [0.3, 0.4) is 0 Å². The lowest BCUT2D eigenvalue weighted by molar-refractivity contribution is -0.137. The zero-order chi connectivity index (χ0) is 24.1. The summed E-state index contributed by atoms with van der Waals surface area (Å²) >= 11 is 0. The molecule has 0 aliphatic carbocycles. The van der Waals surface area contributed by atoms with Gasteiger partial charge in [-0.3, -0.25) is 4.98 Å². The number of hydrogen-bond donors (Lipinski definition) is 2. The Morgan fingerprint density at radius 1 is 0.971 bits per heavy atom. The highest BCUT2D eigenvalue weighted by Gasteiger charge is 2.35. The van der Waals surface area contributed by atoms with Gasteiger partial charge < -0.3 is 20.4 Å². The van der Waals surface area contributed by atoms with Crippen molar-refractivity contribution in [3.05, 3.63) is 66.0 Å². The van der Waals surface area contributed by atoms with E-state index in [4.69, 9.17) is 5.26 Å². The summed E-state index contributed by atoms with van der Waals surface area (Å²) in [6.07, 6.45) is -1.24. The van der Waals surface area contributed by atoms with Crippen molar-refractivity contribution >= 4 is 28.7 Å². The predicted molar refractivity (Wildman–Crippen MR) is 126 cm³/mol. The van der Waals surface area contributed by atoms with Crippen LogP contribution >= 0.6 is 0 Å². The van der Waals surface area contributed by atoms with Crippen LogP contribution in [0.25, 0.3) is 0 Å². The van der Waals surface area contributed by atoms with Crippen LogP contribution in [0.15, 0.2) is 54.9 Å². The molecular formula is C24H24F3N7. The minimum atomic E-state index is -4.49. The predicted octanol–water partition coefficient (Wildman–Crippen LogP) is 4.80. The molecule has 7 nitrogen and oxygen atoms in total. The number of piperazine rings is 1. The molecule has 34 heavy (non-hydrogen) atoms. The van der Waals surface area contributed by atoms with Crippen LogP contribution in [0.4, 0.5) is 41.9 Å². The molecule has 0 spiro atoms. The Hall–Kier alpha value is -3.84. The molecule has 2 heterocycles. The van der Waals surface area contributed by atoms with Crippen molar-refractivity contribution in [1.29, 1.82) is 5.26 Å². The van der Waals surface area contributed by atoms with Gasteiger partial charge in [-0.1, -0.05) is 12.1 Å². The maximum atomic E-state index is 13.9. The molecule has 1 aliphatic rings. The molecule has 0 atom stereocenters. The number of halogens is 3. The lowest BCUT2D eigenvalue weighted by atomic mass is 10.1. The first kappa shape index (κ1) is 23.3. The summed E-state index contributed by atoms with van der Waals surface area (Å²) in [4.78, 5) is 12.4. The zero-order valence-corrected chi connectivity index (χ0v) is 18.6. The van der Waals surface area contributed by atoms with E-state index >= 15 is 0 Å². The van der Waals surface area contributed by atoms with Crippen LogP contribution in [0.1, 0.15) is 11.1 Å².